The average molecular weight is 264 g/mol. The number of thiophene rings is 1. The number of aryl methyl sites for hydroxylation is 1. The highest BCUT2D eigenvalue weighted by molar-refractivity contribution is 7.16. The molecule has 1 amide bonds. The summed E-state index contributed by atoms with van der Waals surface area (Å²) in [5.74, 6) is 0.0175. The van der Waals surface area contributed by atoms with Gasteiger partial charge in [0.25, 0.3) is 0 Å². The Kier molecular flexibility index (Phi) is 5.87. The fraction of sp³-hybridized carbons (Fsp3) is 0.571. The van der Waals surface area contributed by atoms with Gasteiger partial charge in [0, 0.05) is 11.3 Å². The number of carbonyl (C=O) groups is 1. The minimum Gasteiger partial charge on any atom is -0.317 e. The molecule has 98 valence electrons. The molecule has 0 aromatic carbocycles. The summed E-state index contributed by atoms with van der Waals surface area (Å²) in [5, 5.41) is 12.6. The lowest BCUT2D eigenvalue weighted by molar-refractivity contribution is -0.116. The molecule has 1 aromatic heterocycles. The van der Waals surface area contributed by atoms with Crippen LogP contribution in [0.4, 0.5) is 5.00 Å². The van der Waals surface area contributed by atoms with E-state index in [0.717, 1.165) is 23.3 Å². The summed E-state index contributed by atoms with van der Waals surface area (Å²) in [5.41, 5.74) is 1.59. The number of amides is 1. The zero-order chi connectivity index (χ0) is 13.5. The van der Waals surface area contributed by atoms with Crippen molar-refractivity contribution in [2.24, 2.45) is 0 Å². The minimum absolute atomic E-state index is 0.0175. The van der Waals surface area contributed by atoms with Crippen LogP contribution in [0.25, 0.3) is 0 Å². The summed E-state index contributed by atoms with van der Waals surface area (Å²) < 4.78 is 0. The van der Waals surface area contributed by atoms with Crippen molar-refractivity contribution in [1.29, 1.82) is 5.26 Å². The Morgan fingerprint density at radius 1 is 1.33 bits per heavy atom. The van der Waals surface area contributed by atoms with Gasteiger partial charge in [-0.05, 0) is 25.8 Å². The molecule has 0 atom stereocenters. The first-order valence-corrected chi connectivity index (χ1v) is 7.21. The van der Waals surface area contributed by atoms with Crippen LogP contribution < -0.4 is 5.32 Å². The van der Waals surface area contributed by atoms with Gasteiger partial charge in [-0.1, -0.05) is 26.2 Å². The van der Waals surface area contributed by atoms with Crippen molar-refractivity contribution in [3.8, 4) is 6.07 Å². The number of anilines is 1. The van der Waals surface area contributed by atoms with Gasteiger partial charge in [0.2, 0.25) is 5.91 Å². The van der Waals surface area contributed by atoms with Gasteiger partial charge in [-0.2, -0.15) is 5.26 Å². The van der Waals surface area contributed by atoms with Crippen LogP contribution in [-0.2, 0) is 4.79 Å². The number of nitrogens with zero attached hydrogens (tertiary/aromatic N) is 1. The van der Waals surface area contributed by atoms with Gasteiger partial charge in [-0.25, -0.2) is 0 Å². The first-order chi connectivity index (χ1) is 8.60. The Balaban J connectivity index is 2.55. The monoisotopic (exact) mass is 264 g/mol. The Hall–Kier alpha value is -1.34. The number of nitriles is 1. The molecule has 1 heterocycles. The van der Waals surface area contributed by atoms with Crippen LogP contribution in [0, 0.1) is 25.2 Å². The SMILES string of the molecule is CCCCCCC(=O)Nc1sc(C)c(C)c1C#N. The third-order valence-corrected chi connectivity index (χ3v) is 4.13. The van der Waals surface area contributed by atoms with Crippen LogP contribution in [0.2, 0.25) is 0 Å². The summed E-state index contributed by atoms with van der Waals surface area (Å²) in [6, 6.07) is 2.16. The first kappa shape index (κ1) is 14.7. The summed E-state index contributed by atoms with van der Waals surface area (Å²) in [6.45, 7) is 6.04. The van der Waals surface area contributed by atoms with Crippen LogP contribution in [-0.4, -0.2) is 5.91 Å². The molecule has 0 saturated heterocycles. The lowest BCUT2D eigenvalue weighted by atomic mass is 10.1. The number of carbonyl (C=O) groups excluding carboxylic acids is 1. The van der Waals surface area contributed by atoms with Crippen LogP contribution in [0.1, 0.15) is 55.0 Å². The van der Waals surface area contributed by atoms with Gasteiger partial charge >= 0.3 is 0 Å². The number of unbranched alkanes of at least 4 members (excludes halogenated alkanes) is 3. The second-order valence-corrected chi connectivity index (χ2v) is 5.68. The molecule has 0 unspecified atom stereocenters. The third-order valence-electron chi connectivity index (χ3n) is 3.01. The van der Waals surface area contributed by atoms with Gasteiger partial charge < -0.3 is 5.32 Å². The predicted molar refractivity (Wildman–Crippen MR) is 75.9 cm³/mol. The summed E-state index contributed by atoms with van der Waals surface area (Å²) in [6.07, 6.45) is 4.90. The molecular formula is C14H20N2OS. The molecule has 0 aliphatic heterocycles. The molecule has 3 nitrogen and oxygen atoms in total. The van der Waals surface area contributed by atoms with Gasteiger partial charge in [0.1, 0.15) is 11.1 Å². The Morgan fingerprint density at radius 2 is 2.06 bits per heavy atom. The predicted octanol–water partition coefficient (Wildman–Crippen LogP) is 4.15. The van der Waals surface area contributed by atoms with E-state index < -0.39 is 0 Å². The molecule has 0 bridgehead atoms. The van der Waals surface area contributed by atoms with Crippen molar-refractivity contribution in [2.75, 3.05) is 5.32 Å². The van der Waals surface area contributed by atoms with E-state index >= 15 is 0 Å². The van der Waals surface area contributed by atoms with Crippen LogP contribution >= 0.6 is 11.3 Å². The highest BCUT2D eigenvalue weighted by atomic mass is 32.1. The van der Waals surface area contributed by atoms with Crippen molar-refractivity contribution < 1.29 is 4.79 Å². The number of hydrogen-bond acceptors (Lipinski definition) is 3. The first-order valence-electron chi connectivity index (χ1n) is 6.40. The van der Waals surface area contributed by atoms with Gasteiger partial charge in [-0.15, -0.1) is 11.3 Å². The van der Waals surface area contributed by atoms with Crippen molar-refractivity contribution >= 4 is 22.2 Å². The highest BCUT2D eigenvalue weighted by Crippen LogP contribution is 2.31. The van der Waals surface area contributed by atoms with E-state index in [1.807, 2.05) is 13.8 Å². The van der Waals surface area contributed by atoms with Crippen LogP contribution in [0.3, 0.4) is 0 Å². The van der Waals surface area contributed by atoms with E-state index in [2.05, 4.69) is 18.3 Å². The fourth-order valence-corrected chi connectivity index (χ4v) is 2.78. The molecule has 0 aliphatic rings. The van der Waals surface area contributed by atoms with E-state index in [0.29, 0.717) is 17.0 Å². The molecule has 0 aliphatic carbocycles. The lowest BCUT2D eigenvalue weighted by Gasteiger charge is -2.03. The van der Waals surface area contributed by atoms with E-state index in [1.54, 1.807) is 0 Å². The van der Waals surface area contributed by atoms with Crippen LogP contribution in [0.5, 0.6) is 0 Å². The molecular weight excluding hydrogens is 244 g/mol. The van der Waals surface area contributed by atoms with E-state index in [1.165, 1.54) is 24.2 Å². The molecule has 0 radical (unpaired) electrons. The highest BCUT2D eigenvalue weighted by Gasteiger charge is 2.14. The molecule has 1 aromatic rings. The smallest absolute Gasteiger partial charge is 0.225 e. The van der Waals surface area contributed by atoms with Gasteiger partial charge in [0.05, 0.1) is 5.56 Å². The molecule has 0 fully saturated rings. The van der Waals surface area contributed by atoms with E-state index in [4.69, 9.17) is 5.26 Å². The number of rotatable bonds is 6. The van der Waals surface area contributed by atoms with Crippen molar-refractivity contribution in [3.63, 3.8) is 0 Å². The summed E-state index contributed by atoms with van der Waals surface area (Å²) >= 11 is 1.48. The largest absolute Gasteiger partial charge is 0.317 e. The zero-order valence-corrected chi connectivity index (χ0v) is 12.1. The average Bonchev–Trinajstić information content (AvgIpc) is 2.60. The fourth-order valence-electron chi connectivity index (χ4n) is 1.75. The Morgan fingerprint density at radius 3 is 2.67 bits per heavy atom. The molecule has 0 saturated carbocycles. The van der Waals surface area contributed by atoms with Crippen molar-refractivity contribution in [2.45, 2.75) is 52.9 Å². The minimum atomic E-state index is 0.0175. The van der Waals surface area contributed by atoms with Crippen molar-refractivity contribution in [3.05, 3.63) is 16.0 Å². The van der Waals surface area contributed by atoms with Gasteiger partial charge in [0.15, 0.2) is 0 Å². The normalized spacial score (nSPS) is 10.1. The second kappa shape index (κ2) is 7.17. The van der Waals surface area contributed by atoms with Crippen molar-refractivity contribution in [1.82, 2.24) is 0 Å². The second-order valence-electron chi connectivity index (χ2n) is 4.46. The van der Waals surface area contributed by atoms with E-state index in [9.17, 15) is 4.79 Å². The topological polar surface area (TPSA) is 52.9 Å². The lowest BCUT2D eigenvalue weighted by Crippen LogP contribution is -2.10. The Labute approximate surface area is 113 Å². The van der Waals surface area contributed by atoms with Gasteiger partial charge in [-0.3, -0.25) is 4.79 Å². The number of hydrogen-bond donors (Lipinski definition) is 1. The summed E-state index contributed by atoms with van der Waals surface area (Å²) in [7, 11) is 0. The van der Waals surface area contributed by atoms with E-state index in [-0.39, 0.29) is 5.91 Å². The maximum atomic E-state index is 11.8. The Bertz CT molecular complexity index is 457. The quantitative estimate of drug-likeness (QED) is 0.785. The zero-order valence-electron chi connectivity index (χ0n) is 11.3. The summed E-state index contributed by atoms with van der Waals surface area (Å²) in [4.78, 5) is 12.8. The maximum Gasteiger partial charge on any atom is 0.225 e. The molecule has 1 rings (SSSR count). The van der Waals surface area contributed by atoms with Crippen LogP contribution in [0.15, 0.2) is 0 Å². The number of nitrogens with one attached hydrogen (secondary N) is 1. The molecule has 4 heteroatoms. The molecule has 0 spiro atoms. The third kappa shape index (κ3) is 3.85. The standard InChI is InChI=1S/C14H20N2OS/c1-4-5-6-7-8-13(17)16-14-12(9-15)10(2)11(3)18-14/h4-8H2,1-3H3,(H,16,17). The maximum absolute atomic E-state index is 11.8. The molecule has 18 heavy (non-hydrogen) atoms. The molecule has 1 N–H and O–H groups in total.